The van der Waals surface area contributed by atoms with E-state index in [1.807, 2.05) is 0 Å². The van der Waals surface area contributed by atoms with Crippen LogP contribution in [-0.4, -0.2) is 16.8 Å². The number of fused-ring (bicyclic) bond motifs is 2. The Morgan fingerprint density at radius 2 is 1.02 bits per heavy atom. The minimum absolute atomic E-state index is 0.0121. The van der Waals surface area contributed by atoms with Gasteiger partial charge in [-0.25, -0.2) is 28.6 Å². The van der Waals surface area contributed by atoms with E-state index in [1.165, 1.54) is 60.7 Å². The van der Waals surface area contributed by atoms with Gasteiger partial charge in [0.05, 0.1) is 21.4 Å². The van der Waals surface area contributed by atoms with Crippen LogP contribution in [0.1, 0.15) is 33.4 Å². The lowest BCUT2D eigenvalue weighted by atomic mass is 9.98. The van der Waals surface area contributed by atoms with Crippen LogP contribution in [0.25, 0.3) is 21.9 Å². The van der Waals surface area contributed by atoms with Crippen LogP contribution in [0, 0.1) is 0 Å². The molecule has 2 aromatic heterocycles. The Kier molecular flexibility index (Phi) is 10.5. The van der Waals surface area contributed by atoms with Crippen LogP contribution in [-0.2, 0) is 46.6 Å². The second kappa shape index (κ2) is 14.8. The maximum atomic E-state index is 14.5. The van der Waals surface area contributed by atoms with Crippen molar-refractivity contribution >= 4 is 76.9 Å². The van der Waals surface area contributed by atoms with Gasteiger partial charge < -0.3 is 13.6 Å². The first kappa shape index (κ1) is 37.7. The molecule has 6 N–H and O–H groups in total. The van der Waals surface area contributed by atoms with Crippen molar-refractivity contribution in [1.82, 2.24) is 0 Å². The van der Waals surface area contributed by atoms with Gasteiger partial charge in [-0.05, 0) is 47.5 Å². The molecule has 53 heavy (non-hydrogen) atoms. The molecule has 0 radical (unpaired) electrons. The van der Waals surface area contributed by atoms with Gasteiger partial charge in [0.2, 0.25) is 0 Å². The van der Waals surface area contributed by atoms with E-state index >= 15 is 0 Å². The summed E-state index contributed by atoms with van der Waals surface area (Å²) in [6, 6.07) is 17.2. The summed E-state index contributed by atoms with van der Waals surface area (Å²) < 4.78 is 96.1. The maximum absolute atomic E-state index is 14.5. The number of ether oxygens (including phenoxy) is 1. The SMILES string of the molecule is NS(=O)(=O)Nc1cccc(Cc2c(CF)c3cc(Cl)c(Oc4cc5oc(=O)c(Cc6cccc(NS(N)(=O)=O)c6)c(CF)c5cc4Cl)cc3oc2=O)c1. The lowest BCUT2D eigenvalue weighted by Gasteiger charge is -2.15. The zero-order valence-electron chi connectivity index (χ0n) is 26.9. The topological polar surface area (TPSA) is 214 Å². The summed E-state index contributed by atoms with van der Waals surface area (Å²) in [6.07, 6.45) is -0.230. The largest absolute Gasteiger partial charge is 0.454 e. The predicted molar refractivity (Wildman–Crippen MR) is 197 cm³/mol. The van der Waals surface area contributed by atoms with Crippen LogP contribution in [0.15, 0.2) is 91.2 Å². The van der Waals surface area contributed by atoms with Crippen molar-refractivity contribution in [3.05, 3.63) is 137 Å². The first-order valence-corrected chi connectivity index (χ1v) is 19.0. The highest BCUT2D eigenvalue weighted by atomic mass is 35.5. The smallest absolute Gasteiger partial charge is 0.340 e. The molecule has 13 nitrogen and oxygen atoms in total. The third-order valence-corrected chi connectivity index (χ3v) is 9.60. The molecule has 0 bridgehead atoms. The highest BCUT2D eigenvalue weighted by molar-refractivity contribution is 7.90. The molecule has 19 heteroatoms. The Hall–Kier alpha value is -5.04. The zero-order chi connectivity index (χ0) is 38.2. The van der Waals surface area contributed by atoms with Crippen molar-refractivity contribution in [2.24, 2.45) is 10.3 Å². The van der Waals surface area contributed by atoms with Gasteiger partial charge in [-0.3, -0.25) is 9.44 Å². The molecule has 4 aromatic carbocycles. The minimum atomic E-state index is -4.06. The highest BCUT2D eigenvalue weighted by Crippen LogP contribution is 2.40. The molecule has 0 spiro atoms. The molecule has 0 aliphatic carbocycles. The van der Waals surface area contributed by atoms with Crippen molar-refractivity contribution in [2.45, 2.75) is 26.2 Å². The van der Waals surface area contributed by atoms with Gasteiger partial charge >= 0.3 is 11.3 Å². The molecule has 0 unspecified atom stereocenters. The van der Waals surface area contributed by atoms with Crippen molar-refractivity contribution in [3.63, 3.8) is 0 Å². The molecular weight excluding hydrogens is 781 g/mol. The monoisotopic (exact) mass is 806 g/mol. The lowest BCUT2D eigenvalue weighted by molar-refractivity contribution is 0.468. The number of hydrogen-bond donors (Lipinski definition) is 4. The molecule has 0 atom stereocenters. The second-order valence-electron chi connectivity index (χ2n) is 11.7. The van der Waals surface area contributed by atoms with E-state index in [0.29, 0.717) is 11.1 Å². The predicted octanol–water partition coefficient (Wildman–Crippen LogP) is 6.35. The average Bonchev–Trinajstić information content (AvgIpc) is 3.06. The second-order valence-corrected chi connectivity index (χ2v) is 15.1. The Morgan fingerprint density at radius 3 is 1.38 bits per heavy atom. The summed E-state index contributed by atoms with van der Waals surface area (Å²) >= 11 is 13.1. The molecule has 276 valence electrons. The molecule has 6 aromatic rings. The molecule has 0 aliphatic rings. The van der Waals surface area contributed by atoms with E-state index in [9.17, 15) is 35.2 Å². The molecule has 2 heterocycles. The van der Waals surface area contributed by atoms with Gasteiger partial charge in [-0.1, -0.05) is 47.5 Å². The average molecular weight is 808 g/mol. The minimum Gasteiger partial charge on any atom is -0.454 e. The molecular formula is C34H26Cl2F2N4O9S2. The Balaban J connectivity index is 1.33. The van der Waals surface area contributed by atoms with Crippen LogP contribution < -0.4 is 35.7 Å². The first-order chi connectivity index (χ1) is 25.0. The molecule has 0 aliphatic heterocycles. The molecule has 0 saturated heterocycles. The van der Waals surface area contributed by atoms with Gasteiger partial charge in [0.15, 0.2) is 0 Å². The van der Waals surface area contributed by atoms with Crippen LogP contribution in [0.2, 0.25) is 10.0 Å². The molecule has 0 saturated carbocycles. The van der Waals surface area contributed by atoms with E-state index < -0.39 is 45.0 Å². The zero-order valence-corrected chi connectivity index (χ0v) is 30.1. The van der Waals surface area contributed by atoms with E-state index in [4.69, 9.17) is 47.1 Å². The number of halogens is 4. The first-order valence-electron chi connectivity index (χ1n) is 15.2. The molecule has 0 fully saturated rings. The molecule has 6 rings (SSSR count). The summed E-state index contributed by atoms with van der Waals surface area (Å²) in [5.41, 5.74) is -0.775. The number of hydrogen-bond acceptors (Lipinski definition) is 9. The Morgan fingerprint density at radius 1 is 0.623 bits per heavy atom. The normalized spacial score (nSPS) is 12.0. The Labute approximate surface area is 309 Å². The van der Waals surface area contributed by atoms with Crippen LogP contribution in [0.3, 0.4) is 0 Å². The summed E-state index contributed by atoms with van der Waals surface area (Å²) in [7, 11) is -8.13. The van der Waals surface area contributed by atoms with E-state index in [-0.39, 0.29) is 90.0 Å². The fourth-order valence-electron chi connectivity index (χ4n) is 5.77. The number of nitrogens with one attached hydrogen (secondary N) is 2. The third kappa shape index (κ3) is 8.62. The fourth-order valence-corrected chi connectivity index (χ4v) is 7.08. The van der Waals surface area contributed by atoms with Crippen molar-refractivity contribution in [3.8, 4) is 11.5 Å². The van der Waals surface area contributed by atoms with Gasteiger partial charge in [0, 0.05) is 58.0 Å². The number of alkyl halides is 2. The van der Waals surface area contributed by atoms with Gasteiger partial charge in [0.25, 0.3) is 20.4 Å². The van der Waals surface area contributed by atoms with E-state index in [0.717, 1.165) is 0 Å². The van der Waals surface area contributed by atoms with Gasteiger partial charge in [0.1, 0.15) is 36.0 Å². The maximum Gasteiger partial charge on any atom is 0.340 e. The van der Waals surface area contributed by atoms with Crippen molar-refractivity contribution in [1.29, 1.82) is 0 Å². The Bertz CT molecular complexity index is 2590. The third-order valence-electron chi connectivity index (χ3n) is 7.97. The standard InChI is InChI=1S/C34H26Cl2F2N4O9S2/c35-27-11-21-25(15-37)23(9-17-3-1-5-19(7-17)41-52(39,45)46)33(43)50-29(21)13-31(27)49-32-14-30-22(12-28(32)36)26(16-38)24(34(44)51-30)10-18-4-2-6-20(8-18)42-53(40,47)48/h1-8,11-14,41-42H,9-10,15-16H2,(H2,39,45,46)(H2,40,47,48). The van der Waals surface area contributed by atoms with Crippen LogP contribution in [0.4, 0.5) is 20.2 Å². The summed E-state index contributed by atoms with van der Waals surface area (Å²) in [4.78, 5) is 26.3. The summed E-state index contributed by atoms with van der Waals surface area (Å²) in [6.45, 7) is -2.15. The quantitative estimate of drug-likeness (QED) is 0.101. The lowest BCUT2D eigenvalue weighted by Crippen LogP contribution is -2.21. The highest BCUT2D eigenvalue weighted by Gasteiger charge is 2.21. The number of rotatable bonds is 12. The number of nitrogens with two attached hydrogens (primary N) is 2. The molecule has 0 amide bonds. The van der Waals surface area contributed by atoms with E-state index in [2.05, 4.69) is 9.44 Å². The van der Waals surface area contributed by atoms with Crippen LogP contribution in [0.5, 0.6) is 11.5 Å². The van der Waals surface area contributed by atoms with Crippen LogP contribution >= 0.6 is 23.2 Å². The van der Waals surface area contributed by atoms with Crippen molar-refractivity contribution < 1.29 is 39.2 Å². The number of benzene rings is 4. The van der Waals surface area contributed by atoms with Gasteiger partial charge in [-0.15, -0.1) is 0 Å². The van der Waals surface area contributed by atoms with Crippen molar-refractivity contribution in [2.75, 3.05) is 9.44 Å². The summed E-state index contributed by atoms with van der Waals surface area (Å²) in [5.74, 6) is -0.138. The summed E-state index contributed by atoms with van der Waals surface area (Å²) in [5, 5.41) is 10.3. The van der Waals surface area contributed by atoms with Gasteiger partial charge in [-0.2, -0.15) is 16.8 Å². The fraction of sp³-hybridized carbons (Fsp3) is 0.118. The number of anilines is 2. The van der Waals surface area contributed by atoms with E-state index in [1.54, 1.807) is 12.1 Å².